The SMILES string of the molecule is C=C(CC)C1=CCC(c2cc(C)c(O)c(C)c2)OB1O. The third-order valence-electron chi connectivity index (χ3n) is 3.83. The van der Waals surface area contributed by atoms with Crippen molar-refractivity contribution in [1.82, 2.24) is 0 Å². The number of hydrogen-bond donors (Lipinski definition) is 2. The lowest BCUT2D eigenvalue weighted by Gasteiger charge is -2.27. The molecular weight excluding hydrogens is 251 g/mol. The van der Waals surface area contributed by atoms with E-state index < -0.39 is 7.12 Å². The first kappa shape index (κ1) is 14.9. The molecule has 1 aromatic carbocycles. The molecule has 0 aliphatic carbocycles. The zero-order chi connectivity index (χ0) is 14.9. The van der Waals surface area contributed by atoms with E-state index in [1.54, 1.807) is 0 Å². The van der Waals surface area contributed by atoms with Crippen molar-refractivity contribution in [3.63, 3.8) is 0 Å². The molecule has 0 amide bonds. The van der Waals surface area contributed by atoms with Crippen molar-refractivity contribution < 1.29 is 14.8 Å². The number of phenolic OH excluding ortho intramolecular Hbond substituents is 1. The normalized spacial score (nSPS) is 18.9. The Balaban J connectivity index is 2.25. The van der Waals surface area contributed by atoms with Gasteiger partial charge in [-0.15, -0.1) is 0 Å². The van der Waals surface area contributed by atoms with Gasteiger partial charge in [0.1, 0.15) is 5.75 Å². The summed E-state index contributed by atoms with van der Waals surface area (Å²) in [5, 5.41) is 19.9. The average Bonchev–Trinajstić information content (AvgIpc) is 2.43. The molecule has 0 radical (unpaired) electrons. The van der Waals surface area contributed by atoms with Crippen LogP contribution in [-0.4, -0.2) is 17.2 Å². The van der Waals surface area contributed by atoms with Crippen LogP contribution in [0.1, 0.15) is 42.6 Å². The summed E-state index contributed by atoms with van der Waals surface area (Å²) in [6, 6.07) is 3.82. The predicted molar refractivity (Wildman–Crippen MR) is 81.5 cm³/mol. The molecular formula is C16H21BO3. The topological polar surface area (TPSA) is 49.7 Å². The second kappa shape index (κ2) is 5.86. The molecule has 0 saturated heterocycles. The molecule has 3 nitrogen and oxygen atoms in total. The lowest BCUT2D eigenvalue weighted by molar-refractivity contribution is 0.168. The van der Waals surface area contributed by atoms with E-state index in [1.165, 1.54) is 0 Å². The van der Waals surface area contributed by atoms with Crippen molar-refractivity contribution in [3.8, 4) is 5.75 Å². The Hall–Kier alpha value is -1.52. The first-order chi connectivity index (χ1) is 9.43. The summed E-state index contributed by atoms with van der Waals surface area (Å²) in [7, 11) is -0.921. The zero-order valence-electron chi connectivity index (χ0n) is 12.3. The molecule has 2 rings (SSSR count). The molecule has 2 N–H and O–H groups in total. The molecule has 4 heteroatoms. The third kappa shape index (κ3) is 2.81. The van der Waals surface area contributed by atoms with E-state index in [1.807, 2.05) is 39.0 Å². The Morgan fingerprint density at radius 2 is 2.00 bits per heavy atom. The van der Waals surface area contributed by atoms with Crippen LogP contribution in [0, 0.1) is 13.8 Å². The van der Waals surface area contributed by atoms with Gasteiger partial charge in [0.15, 0.2) is 0 Å². The minimum Gasteiger partial charge on any atom is -0.507 e. The maximum atomic E-state index is 10.1. The van der Waals surface area contributed by atoms with E-state index in [0.717, 1.165) is 34.2 Å². The van der Waals surface area contributed by atoms with Gasteiger partial charge in [-0.05, 0) is 61.0 Å². The summed E-state index contributed by atoms with van der Waals surface area (Å²) >= 11 is 0. The molecule has 1 aliphatic rings. The molecule has 20 heavy (non-hydrogen) atoms. The van der Waals surface area contributed by atoms with E-state index in [9.17, 15) is 10.1 Å². The van der Waals surface area contributed by atoms with Crippen LogP contribution in [0.3, 0.4) is 0 Å². The molecule has 1 aliphatic heterocycles. The standard InChI is InChI=1S/C16H21BO3/c1-5-10(2)14-6-7-15(20-17(14)19)13-8-11(3)16(18)12(4)9-13/h6,8-9,15,18-19H,2,5,7H2,1,3-4H3. The lowest BCUT2D eigenvalue weighted by atomic mass is 9.70. The Morgan fingerprint density at radius 1 is 1.40 bits per heavy atom. The van der Waals surface area contributed by atoms with Crippen LogP contribution in [0.15, 0.2) is 35.8 Å². The highest BCUT2D eigenvalue weighted by atomic mass is 16.5. The van der Waals surface area contributed by atoms with Crippen LogP contribution >= 0.6 is 0 Å². The molecule has 0 bridgehead atoms. The first-order valence-electron chi connectivity index (χ1n) is 6.95. The Labute approximate surface area is 120 Å². The molecule has 0 spiro atoms. The van der Waals surface area contributed by atoms with Gasteiger partial charge >= 0.3 is 7.12 Å². The highest BCUT2D eigenvalue weighted by molar-refractivity contribution is 6.54. The van der Waals surface area contributed by atoms with Crippen molar-refractivity contribution in [3.05, 3.63) is 52.5 Å². The monoisotopic (exact) mass is 272 g/mol. The number of rotatable bonds is 3. The molecule has 0 aromatic heterocycles. The minimum atomic E-state index is -0.921. The van der Waals surface area contributed by atoms with Gasteiger partial charge in [-0.3, -0.25) is 0 Å². The van der Waals surface area contributed by atoms with Gasteiger partial charge in [0.25, 0.3) is 0 Å². The van der Waals surface area contributed by atoms with Gasteiger partial charge in [0.05, 0.1) is 6.10 Å². The van der Waals surface area contributed by atoms with Crippen LogP contribution in [0.5, 0.6) is 5.75 Å². The quantitative estimate of drug-likeness (QED) is 0.829. The summed E-state index contributed by atoms with van der Waals surface area (Å²) < 4.78 is 5.70. The van der Waals surface area contributed by atoms with Gasteiger partial charge in [-0.1, -0.05) is 25.2 Å². The molecule has 0 fully saturated rings. The lowest BCUT2D eigenvalue weighted by Crippen LogP contribution is -2.28. The zero-order valence-corrected chi connectivity index (χ0v) is 12.3. The highest BCUT2D eigenvalue weighted by Crippen LogP contribution is 2.34. The van der Waals surface area contributed by atoms with Gasteiger partial charge in [0.2, 0.25) is 0 Å². The molecule has 1 unspecified atom stereocenters. The molecule has 0 saturated carbocycles. The Kier molecular flexibility index (Phi) is 4.36. The third-order valence-corrected chi connectivity index (χ3v) is 3.83. The van der Waals surface area contributed by atoms with Crippen LogP contribution < -0.4 is 0 Å². The van der Waals surface area contributed by atoms with Gasteiger partial charge < -0.3 is 14.8 Å². The second-order valence-corrected chi connectivity index (χ2v) is 5.33. The number of aromatic hydroxyl groups is 1. The van der Waals surface area contributed by atoms with Crippen LogP contribution in [0.2, 0.25) is 0 Å². The maximum Gasteiger partial charge on any atom is 0.491 e. The van der Waals surface area contributed by atoms with Crippen molar-refractivity contribution >= 4 is 7.12 Å². The average molecular weight is 272 g/mol. The maximum absolute atomic E-state index is 10.1. The fourth-order valence-corrected chi connectivity index (χ4v) is 2.53. The van der Waals surface area contributed by atoms with E-state index in [2.05, 4.69) is 6.58 Å². The summed E-state index contributed by atoms with van der Waals surface area (Å²) in [6.45, 7) is 9.68. The summed E-state index contributed by atoms with van der Waals surface area (Å²) in [5.41, 5.74) is 4.33. The van der Waals surface area contributed by atoms with Crippen LogP contribution in [0.4, 0.5) is 0 Å². The van der Waals surface area contributed by atoms with Crippen LogP contribution in [-0.2, 0) is 4.65 Å². The minimum absolute atomic E-state index is 0.184. The number of phenols is 1. The van der Waals surface area contributed by atoms with Crippen LogP contribution in [0.25, 0.3) is 0 Å². The number of aryl methyl sites for hydroxylation is 2. The molecule has 1 aromatic rings. The van der Waals surface area contributed by atoms with E-state index in [4.69, 9.17) is 4.65 Å². The fourth-order valence-electron chi connectivity index (χ4n) is 2.53. The van der Waals surface area contributed by atoms with Crippen molar-refractivity contribution in [2.45, 2.75) is 39.7 Å². The predicted octanol–water partition coefficient (Wildman–Crippen LogP) is 3.38. The summed E-state index contributed by atoms with van der Waals surface area (Å²) in [6.07, 6.45) is 3.32. The van der Waals surface area contributed by atoms with Crippen molar-refractivity contribution in [2.24, 2.45) is 0 Å². The number of hydrogen-bond acceptors (Lipinski definition) is 3. The Bertz CT molecular complexity index is 540. The number of benzene rings is 1. The first-order valence-corrected chi connectivity index (χ1v) is 6.95. The van der Waals surface area contributed by atoms with Gasteiger partial charge in [-0.25, -0.2) is 0 Å². The van der Waals surface area contributed by atoms with Crippen molar-refractivity contribution in [1.29, 1.82) is 0 Å². The second-order valence-electron chi connectivity index (χ2n) is 5.33. The largest absolute Gasteiger partial charge is 0.507 e. The fraction of sp³-hybridized carbons (Fsp3) is 0.375. The van der Waals surface area contributed by atoms with E-state index in [-0.39, 0.29) is 6.10 Å². The summed E-state index contributed by atoms with van der Waals surface area (Å²) in [5.74, 6) is 0.320. The van der Waals surface area contributed by atoms with Gasteiger partial charge in [-0.2, -0.15) is 0 Å². The smallest absolute Gasteiger partial charge is 0.491 e. The molecule has 1 atom stereocenters. The highest BCUT2D eigenvalue weighted by Gasteiger charge is 2.30. The van der Waals surface area contributed by atoms with E-state index >= 15 is 0 Å². The molecule has 106 valence electrons. The van der Waals surface area contributed by atoms with Crippen molar-refractivity contribution in [2.75, 3.05) is 0 Å². The van der Waals surface area contributed by atoms with E-state index in [0.29, 0.717) is 12.2 Å². The Morgan fingerprint density at radius 3 is 2.50 bits per heavy atom. The van der Waals surface area contributed by atoms with Gasteiger partial charge in [0, 0.05) is 0 Å². The molecule has 1 heterocycles. The summed E-state index contributed by atoms with van der Waals surface area (Å²) in [4.78, 5) is 0. The number of allylic oxidation sites excluding steroid dienone is 2.